The number of furan rings is 1. The molecule has 0 spiro atoms. The van der Waals surface area contributed by atoms with Gasteiger partial charge in [0.15, 0.2) is 10.1 Å². The Bertz CT molecular complexity index is 800. The molecule has 1 amide bonds. The van der Waals surface area contributed by atoms with Gasteiger partial charge >= 0.3 is 0 Å². The zero-order valence-corrected chi connectivity index (χ0v) is 14.1. The molecule has 1 N–H and O–H groups in total. The van der Waals surface area contributed by atoms with Gasteiger partial charge in [0.1, 0.15) is 5.58 Å². The Morgan fingerprint density at radius 3 is 3.10 bits per heavy atom. The minimum absolute atomic E-state index is 0.253. The van der Waals surface area contributed by atoms with E-state index >= 15 is 0 Å². The third-order valence-corrected chi connectivity index (χ3v) is 4.94. The molecular formula is C13H10BrN3O2S2. The number of nitrogens with one attached hydrogen (secondary N) is 1. The molecule has 0 atom stereocenters. The largest absolute Gasteiger partial charge is 0.451 e. The molecule has 0 aliphatic rings. The van der Waals surface area contributed by atoms with Crippen molar-refractivity contribution in [3.63, 3.8) is 0 Å². The number of hydrogen-bond acceptors (Lipinski definition) is 6. The molecule has 0 aliphatic heterocycles. The summed E-state index contributed by atoms with van der Waals surface area (Å²) in [5.74, 6) is 0.843. The summed E-state index contributed by atoms with van der Waals surface area (Å²) in [6, 6.07) is 7.29. The molecule has 5 nitrogen and oxygen atoms in total. The highest BCUT2D eigenvalue weighted by molar-refractivity contribution is 9.10. The number of amides is 1. The van der Waals surface area contributed by atoms with Crippen molar-refractivity contribution in [2.24, 2.45) is 0 Å². The van der Waals surface area contributed by atoms with Crippen molar-refractivity contribution in [2.75, 3.05) is 11.1 Å². The first-order valence-electron chi connectivity index (χ1n) is 6.12. The third kappa shape index (κ3) is 3.28. The number of halogens is 1. The van der Waals surface area contributed by atoms with E-state index < -0.39 is 0 Å². The SMILES string of the molecule is CCSc1nnc(NC(=O)c2cc3cc(Br)ccc3o2)s1. The molecule has 2 heterocycles. The number of carbonyl (C=O) groups excluding carboxylic acids is 1. The number of anilines is 1. The van der Waals surface area contributed by atoms with E-state index in [1.807, 2.05) is 25.1 Å². The first kappa shape index (κ1) is 14.6. The van der Waals surface area contributed by atoms with Crippen LogP contribution in [0.2, 0.25) is 0 Å². The molecule has 3 aromatic rings. The molecule has 0 bridgehead atoms. The molecule has 2 aromatic heterocycles. The lowest BCUT2D eigenvalue weighted by atomic mass is 10.2. The molecule has 0 unspecified atom stereocenters. The molecule has 8 heteroatoms. The summed E-state index contributed by atoms with van der Waals surface area (Å²) >= 11 is 6.33. The van der Waals surface area contributed by atoms with Gasteiger partial charge in [0.05, 0.1) is 0 Å². The smallest absolute Gasteiger partial charge is 0.293 e. The number of nitrogens with zero attached hydrogens (tertiary/aromatic N) is 2. The van der Waals surface area contributed by atoms with Gasteiger partial charge in [0, 0.05) is 9.86 Å². The second-order valence-electron chi connectivity index (χ2n) is 4.05. The van der Waals surface area contributed by atoms with Crippen LogP contribution in [0.25, 0.3) is 11.0 Å². The van der Waals surface area contributed by atoms with Crippen LogP contribution in [-0.2, 0) is 0 Å². The summed E-state index contributed by atoms with van der Waals surface area (Å²) in [5.41, 5.74) is 0.669. The zero-order chi connectivity index (χ0) is 14.8. The molecule has 0 aliphatic carbocycles. The number of carbonyl (C=O) groups is 1. The van der Waals surface area contributed by atoms with Crippen LogP contribution in [0.1, 0.15) is 17.5 Å². The number of fused-ring (bicyclic) bond motifs is 1. The average molecular weight is 384 g/mol. The molecule has 0 saturated heterocycles. The van der Waals surface area contributed by atoms with Crippen LogP contribution < -0.4 is 5.32 Å². The normalized spacial score (nSPS) is 11.0. The Balaban J connectivity index is 1.79. The standard InChI is InChI=1S/C13H10BrN3O2S2/c1-2-20-13-17-16-12(21-13)15-11(18)10-6-7-5-8(14)3-4-9(7)19-10/h3-6H,2H2,1H3,(H,15,16,18). The first-order chi connectivity index (χ1) is 10.2. The number of rotatable bonds is 4. The van der Waals surface area contributed by atoms with E-state index in [2.05, 4.69) is 31.4 Å². The average Bonchev–Trinajstić information content (AvgIpc) is 3.05. The molecule has 0 fully saturated rings. The lowest BCUT2D eigenvalue weighted by Gasteiger charge is -1.95. The quantitative estimate of drug-likeness (QED) is 0.533. The van der Waals surface area contributed by atoms with Crippen molar-refractivity contribution in [3.05, 3.63) is 34.5 Å². The van der Waals surface area contributed by atoms with Gasteiger partial charge in [-0.15, -0.1) is 10.2 Å². The Hall–Kier alpha value is -1.38. The molecule has 0 radical (unpaired) electrons. The maximum atomic E-state index is 12.2. The van der Waals surface area contributed by atoms with Crippen molar-refractivity contribution in [3.8, 4) is 0 Å². The van der Waals surface area contributed by atoms with Gasteiger partial charge < -0.3 is 4.42 Å². The third-order valence-electron chi connectivity index (χ3n) is 2.60. The first-order valence-corrected chi connectivity index (χ1v) is 8.72. The van der Waals surface area contributed by atoms with Gasteiger partial charge in [0.2, 0.25) is 5.13 Å². The fourth-order valence-electron chi connectivity index (χ4n) is 1.73. The van der Waals surface area contributed by atoms with Gasteiger partial charge in [0.25, 0.3) is 5.91 Å². The monoisotopic (exact) mass is 383 g/mol. The van der Waals surface area contributed by atoms with Crippen LogP contribution in [0.3, 0.4) is 0 Å². The van der Waals surface area contributed by atoms with E-state index in [1.165, 1.54) is 11.3 Å². The van der Waals surface area contributed by atoms with Gasteiger partial charge in [-0.3, -0.25) is 10.1 Å². The highest BCUT2D eigenvalue weighted by atomic mass is 79.9. The Kier molecular flexibility index (Phi) is 4.27. The second kappa shape index (κ2) is 6.17. The number of thioether (sulfide) groups is 1. The van der Waals surface area contributed by atoms with Gasteiger partial charge in [-0.05, 0) is 30.0 Å². The summed E-state index contributed by atoms with van der Waals surface area (Å²) in [7, 11) is 0. The molecule has 1 aromatic carbocycles. The maximum Gasteiger partial charge on any atom is 0.293 e. The topological polar surface area (TPSA) is 68.0 Å². The fourth-order valence-corrected chi connectivity index (χ4v) is 3.75. The molecular weight excluding hydrogens is 374 g/mol. The molecule has 0 saturated carbocycles. The van der Waals surface area contributed by atoms with Crippen molar-refractivity contribution in [1.82, 2.24) is 10.2 Å². The summed E-state index contributed by atoms with van der Waals surface area (Å²) < 4.78 is 7.30. The van der Waals surface area contributed by atoms with E-state index in [-0.39, 0.29) is 11.7 Å². The van der Waals surface area contributed by atoms with Crippen LogP contribution in [0.5, 0.6) is 0 Å². The summed E-state index contributed by atoms with van der Waals surface area (Å²) in [6.45, 7) is 2.04. The van der Waals surface area contributed by atoms with Gasteiger partial charge in [-0.1, -0.05) is 46.0 Å². The highest BCUT2D eigenvalue weighted by Gasteiger charge is 2.15. The van der Waals surface area contributed by atoms with Crippen LogP contribution in [0.4, 0.5) is 5.13 Å². The van der Waals surface area contributed by atoms with Gasteiger partial charge in [-0.2, -0.15) is 0 Å². The predicted molar refractivity (Wildman–Crippen MR) is 88.2 cm³/mol. The number of aromatic nitrogens is 2. The zero-order valence-electron chi connectivity index (χ0n) is 10.9. The van der Waals surface area contributed by atoms with Crippen LogP contribution in [0, 0.1) is 0 Å². The predicted octanol–water partition coefficient (Wildman–Crippen LogP) is 4.41. The molecule has 108 valence electrons. The van der Waals surface area contributed by atoms with E-state index in [0.717, 1.165) is 20.0 Å². The van der Waals surface area contributed by atoms with E-state index in [0.29, 0.717) is 10.7 Å². The van der Waals surface area contributed by atoms with E-state index in [9.17, 15) is 4.79 Å². The van der Waals surface area contributed by atoms with Crippen LogP contribution in [-0.4, -0.2) is 21.9 Å². The van der Waals surface area contributed by atoms with Crippen molar-refractivity contribution in [1.29, 1.82) is 0 Å². The second-order valence-corrected chi connectivity index (χ2v) is 7.46. The maximum absolute atomic E-state index is 12.2. The van der Waals surface area contributed by atoms with Crippen LogP contribution >= 0.6 is 39.0 Å². The summed E-state index contributed by atoms with van der Waals surface area (Å²) in [4.78, 5) is 12.2. The fraction of sp³-hybridized carbons (Fsp3) is 0.154. The Morgan fingerprint density at radius 2 is 2.29 bits per heavy atom. The number of benzene rings is 1. The number of hydrogen-bond donors (Lipinski definition) is 1. The van der Waals surface area contributed by atoms with Crippen molar-refractivity contribution < 1.29 is 9.21 Å². The van der Waals surface area contributed by atoms with Crippen molar-refractivity contribution in [2.45, 2.75) is 11.3 Å². The van der Waals surface area contributed by atoms with E-state index in [4.69, 9.17) is 4.42 Å². The molecule has 21 heavy (non-hydrogen) atoms. The minimum Gasteiger partial charge on any atom is -0.451 e. The van der Waals surface area contributed by atoms with Crippen molar-refractivity contribution >= 4 is 61.0 Å². The van der Waals surface area contributed by atoms with Crippen LogP contribution in [0.15, 0.2) is 37.5 Å². The highest BCUT2D eigenvalue weighted by Crippen LogP contribution is 2.27. The minimum atomic E-state index is -0.327. The summed E-state index contributed by atoms with van der Waals surface area (Å²) in [6.07, 6.45) is 0. The Morgan fingerprint density at radius 1 is 1.43 bits per heavy atom. The van der Waals surface area contributed by atoms with E-state index in [1.54, 1.807) is 17.8 Å². The molecule has 3 rings (SSSR count). The lowest BCUT2D eigenvalue weighted by Crippen LogP contribution is -2.10. The summed E-state index contributed by atoms with van der Waals surface area (Å²) in [5, 5.41) is 12.0. The van der Waals surface area contributed by atoms with Gasteiger partial charge in [-0.25, -0.2) is 0 Å². The lowest BCUT2D eigenvalue weighted by molar-refractivity contribution is 0.0998. The Labute approximate surface area is 137 Å².